The van der Waals surface area contributed by atoms with Gasteiger partial charge >= 0.3 is 0 Å². The molecule has 7 nitrogen and oxygen atoms in total. The number of Topliss-reactive ketones (excluding diaryl/α,β-unsaturated/α-hetero) is 1. The summed E-state index contributed by atoms with van der Waals surface area (Å²) in [5.41, 5.74) is 1.37. The maximum atomic E-state index is 13.0. The number of phenols is 1. The van der Waals surface area contributed by atoms with Crippen molar-refractivity contribution in [2.45, 2.75) is 6.04 Å². The first-order valence-electron chi connectivity index (χ1n) is 8.88. The van der Waals surface area contributed by atoms with Crippen molar-refractivity contribution in [1.82, 2.24) is 9.80 Å². The number of halogens is 1. The van der Waals surface area contributed by atoms with Crippen LogP contribution >= 0.6 is 15.9 Å². The quantitative estimate of drug-likeness (QED) is 0.709. The first-order chi connectivity index (χ1) is 13.4. The molecule has 2 aliphatic heterocycles. The molecule has 0 radical (unpaired) electrons. The monoisotopic (exact) mass is 443 g/mol. The fourth-order valence-corrected chi connectivity index (χ4v) is 3.96. The summed E-state index contributed by atoms with van der Waals surface area (Å²) in [5, 5.41) is 12.4. The largest absolute Gasteiger partial charge is 0.508 e. The van der Waals surface area contributed by atoms with Crippen LogP contribution in [0.1, 0.15) is 20.7 Å². The molecule has 0 aromatic heterocycles. The second kappa shape index (κ2) is 7.37. The van der Waals surface area contributed by atoms with Crippen LogP contribution in [0.3, 0.4) is 0 Å². The topological polar surface area (TPSA) is 90.0 Å². The second-order valence-electron chi connectivity index (χ2n) is 6.90. The van der Waals surface area contributed by atoms with Gasteiger partial charge in [-0.2, -0.15) is 0 Å². The standard InChI is InChI=1S/C20H18BrN3O4/c21-13-4-5-16-15(9-13)20(28)24-7-6-23(10-17(24)19(27)22-16)11-18(26)12-2-1-3-14(25)8-12/h1-5,8-9,17,25H,6-7,10-11H2,(H,22,27). The molecule has 2 aromatic rings. The van der Waals surface area contributed by atoms with Gasteiger partial charge in [0.2, 0.25) is 5.91 Å². The number of anilines is 1. The van der Waals surface area contributed by atoms with Crippen LogP contribution in [0.2, 0.25) is 0 Å². The number of benzene rings is 2. The van der Waals surface area contributed by atoms with Gasteiger partial charge in [-0.3, -0.25) is 19.3 Å². The molecule has 0 spiro atoms. The van der Waals surface area contributed by atoms with Crippen LogP contribution in [-0.4, -0.2) is 64.7 Å². The molecule has 0 saturated carbocycles. The van der Waals surface area contributed by atoms with Crippen LogP contribution in [0.25, 0.3) is 0 Å². The highest BCUT2D eigenvalue weighted by Crippen LogP contribution is 2.28. The molecule has 2 amide bonds. The summed E-state index contributed by atoms with van der Waals surface area (Å²) in [4.78, 5) is 41.6. The SMILES string of the molecule is O=C(CN1CCN2C(=O)c3cc(Br)ccc3NC(=O)C2C1)c1cccc(O)c1. The molecule has 2 aliphatic rings. The van der Waals surface area contributed by atoms with E-state index in [1.54, 1.807) is 35.2 Å². The molecule has 1 saturated heterocycles. The number of hydrogen-bond donors (Lipinski definition) is 2. The molecular formula is C20H18BrN3O4. The zero-order valence-corrected chi connectivity index (χ0v) is 16.5. The number of rotatable bonds is 3. The van der Waals surface area contributed by atoms with Crippen LogP contribution in [0, 0.1) is 0 Å². The highest BCUT2D eigenvalue weighted by atomic mass is 79.9. The Hall–Kier alpha value is -2.71. The van der Waals surface area contributed by atoms with E-state index in [-0.39, 0.29) is 36.4 Å². The Balaban J connectivity index is 1.52. The Labute approximate surface area is 170 Å². The van der Waals surface area contributed by atoms with Crippen LogP contribution in [-0.2, 0) is 4.79 Å². The fraction of sp³-hybridized carbons (Fsp3) is 0.250. The van der Waals surface area contributed by atoms with Crippen molar-refractivity contribution in [3.63, 3.8) is 0 Å². The third-order valence-electron chi connectivity index (χ3n) is 5.03. The number of carbonyl (C=O) groups is 3. The van der Waals surface area contributed by atoms with Crippen LogP contribution in [0.15, 0.2) is 46.9 Å². The lowest BCUT2D eigenvalue weighted by molar-refractivity contribution is -0.122. The Bertz CT molecular complexity index is 978. The first-order valence-corrected chi connectivity index (χ1v) is 9.67. The number of nitrogens with zero attached hydrogens (tertiary/aromatic N) is 2. The van der Waals surface area contributed by atoms with Gasteiger partial charge in [0.15, 0.2) is 5.78 Å². The predicted octanol–water partition coefficient (Wildman–Crippen LogP) is 2.12. The molecule has 0 aliphatic carbocycles. The molecule has 4 rings (SSSR count). The zero-order valence-electron chi connectivity index (χ0n) is 14.9. The summed E-state index contributed by atoms with van der Waals surface area (Å²) in [6.07, 6.45) is 0. The maximum Gasteiger partial charge on any atom is 0.256 e. The first kappa shape index (κ1) is 18.6. The number of ketones is 1. The molecule has 2 heterocycles. The van der Waals surface area contributed by atoms with Crippen molar-refractivity contribution in [2.75, 3.05) is 31.5 Å². The highest BCUT2D eigenvalue weighted by molar-refractivity contribution is 9.10. The van der Waals surface area contributed by atoms with E-state index in [9.17, 15) is 19.5 Å². The van der Waals surface area contributed by atoms with Gasteiger partial charge in [0.1, 0.15) is 11.8 Å². The van der Waals surface area contributed by atoms with E-state index in [0.29, 0.717) is 29.9 Å². The van der Waals surface area contributed by atoms with Crippen molar-refractivity contribution in [3.8, 4) is 5.75 Å². The molecule has 144 valence electrons. The Kier molecular flexibility index (Phi) is 4.91. The van der Waals surface area contributed by atoms with Gasteiger partial charge in [0.05, 0.1) is 17.8 Å². The van der Waals surface area contributed by atoms with E-state index < -0.39 is 6.04 Å². The Morgan fingerprint density at radius 3 is 2.79 bits per heavy atom. The number of amides is 2. The number of aromatic hydroxyl groups is 1. The highest BCUT2D eigenvalue weighted by Gasteiger charge is 2.39. The Morgan fingerprint density at radius 2 is 2.00 bits per heavy atom. The van der Waals surface area contributed by atoms with Gasteiger partial charge in [-0.25, -0.2) is 0 Å². The van der Waals surface area contributed by atoms with E-state index in [0.717, 1.165) is 4.47 Å². The molecule has 1 atom stereocenters. The molecule has 1 fully saturated rings. The summed E-state index contributed by atoms with van der Waals surface area (Å²) in [7, 11) is 0. The summed E-state index contributed by atoms with van der Waals surface area (Å²) < 4.78 is 0.766. The van der Waals surface area contributed by atoms with Crippen LogP contribution < -0.4 is 5.32 Å². The van der Waals surface area contributed by atoms with Gasteiger partial charge in [-0.15, -0.1) is 0 Å². The van der Waals surface area contributed by atoms with E-state index >= 15 is 0 Å². The van der Waals surface area contributed by atoms with Crippen LogP contribution in [0.4, 0.5) is 5.69 Å². The van der Waals surface area contributed by atoms with Crippen LogP contribution in [0.5, 0.6) is 5.75 Å². The molecule has 2 N–H and O–H groups in total. The number of hydrogen-bond acceptors (Lipinski definition) is 5. The van der Waals surface area contributed by atoms with E-state index in [1.807, 2.05) is 4.90 Å². The van der Waals surface area contributed by atoms with Gasteiger partial charge in [0.25, 0.3) is 5.91 Å². The summed E-state index contributed by atoms with van der Waals surface area (Å²) >= 11 is 3.36. The number of phenolic OH excluding ortho intramolecular Hbond substituents is 1. The van der Waals surface area contributed by atoms with Crippen molar-refractivity contribution < 1.29 is 19.5 Å². The number of piperazine rings is 1. The minimum atomic E-state index is -0.663. The van der Waals surface area contributed by atoms with Gasteiger partial charge < -0.3 is 15.3 Å². The smallest absolute Gasteiger partial charge is 0.256 e. The molecule has 2 aromatic carbocycles. The number of fused-ring (bicyclic) bond motifs is 2. The van der Waals surface area contributed by atoms with Crippen molar-refractivity contribution in [3.05, 3.63) is 58.1 Å². The van der Waals surface area contributed by atoms with Crippen molar-refractivity contribution in [2.24, 2.45) is 0 Å². The molecule has 0 bridgehead atoms. The minimum absolute atomic E-state index is 0.0355. The summed E-state index contributed by atoms with van der Waals surface area (Å²) in [6.45, 7) is 1.24. The molecule has 28 heavy (non-hydrogen) atoms. The van der Waals surface area contributed by atoms with E-state index in [2.05, 4.69) is 21.2 Å². The lowest BCUT2D eigenvalue weighted by Gasteiger charge is -2.39. The lowest BCUT2D eigenvalue weighted by atomic mass is 10.1. The minimum Gasteiger partial charge on any atom is -0.508 e. The lowest BCUT2D eigenvalue weighted by Crippen LogP contribution is -2.59. The van der Waals surface area contributed by atoms with Gasteiger partial charge in [0, 0.05) is 29.7 Å². The summed E-state index contributed by atoms with van der Waals surface area (Å²) in [6, 6.07) is 10.7. The fourth-order valence-electron chi connectivity index (χ4n) is 3.60. The average Bonchev–Trinajstić information content (AvgIpc) is 2.77. The Morgan fingerprint density at radius 1 is 1.18 bits per heavy atom. The van der Waals surface area contributed by atoms with E-state index in [4.69, 9.17) is 0 Å². The van der Waals surface area contributed by atoms with Crippen molar-refractivity contribution >= 4 is 39.2 Å². The normalized spacial score (nSPS) is 19.5. The number of nitrogens with one attached hydrogen (secondary N) is 1. The second-order valence-corrected chi connectivity index (χ2v) is 7.82. The number of carbonyl (C=O) groups excluding carboxylic acids is 3. The average molecular weight is 444 g/mol. The molecule has 1 unspecified atom stereocenters. The zero-order chi connectivity index (χ0) is 19.8. The predicted molar refractivity (Wildman–Crippen MR) is 106 cm³/mol. The van der Waals surface area contributed by atoms with E-state index in [1.165, 1.54) is 12.1 Å². The van der Waals surface area contributed by atoms with Gasteiger partial charge in [-0.05, 0) is 30.3 Å². The molecular weight excluding hydrogens is 426 g/mol. The molecule has 8 heteroatoms. The maximum absolute atomic E-state index is 13.0. The van der Waals surface area contributed by atoms with Gasteiger partial charge in [-0.1, -0.05) is 28.1 Å². The van der Waals surface area contributed by atoms with Crippen molar-refractivity contribution in [1.29, 1.82) is 0 Å². The third kappa shape index (κ3) is 3.53. The summed E-state index contributed by atoms with van der Waals surface area (Å²) in [5.74, 6) is -0.562. The third-order valence-corrected chi connectivity index (χ3v) is 5.53.